The second-order valence-corrected chi connectivity index (χ2v) is 4.01. The number of hydrogen-bond acceptors (Lipinski definition) is 4. The fraction of sp³-hybridized carbons (Fsp3) is 0. The predicted molar refractivity (Wildman–Crippen MR) is 68.2 cm³/mol. The average molecular weight is 257 g/mol. The molecule has 1 aromatic heterocycles. The van der Waals surface area contributed by atoms with Gasteiger partial charge in [0.2, 0.25) is 0 Å². The molecule has 94 valence electrons. The van der Waals surface area contributed by atoms with Gasteiger partial charge in [0.15, 0.2) is 0 Å². The summed E-state index contributed by atoms with van der Waals surface area (Å²) in [5.41, 5.74) is 0.235. The fourth-order valence-electron chi connectivity index (χ4n) is 2.03. The van der Waals surface area contributed by atoms with Gasteiger partial charge in [-0.2, -0.15) is 0 Å². The lowest BCUT2D eigenvalue weighted by molar-refractivity contribution is -0.433. The molecule has 3 rings (SSSR count). The number of hydrogen-bond donors (Lipinski definition) is 0. The number of nitrogens with zero attached hydrogens (tertiary/aromatic N) is 3. The van der Waals surface area contributed by atoms with Crippen LogP contribution in [0.2, 0.25) is 0 Å². The number of nitro benzene ring substituents is 1. The molecule has 0 fully saturated rings. The molecule has 3 aromatic rings. The van der Waals surface area contributed by atoms with Gasteiger partial charge in [0.05, 0.1) is 9.35 Å². The van der Waals surface area contributed by atoms with Crippen molar-refractivity contribution in [3.05, 3.63) is 62.7 Å². The monoisotopic (exact) mass is 257 g/mol. The largest absolute Gasteiger partial charge is 0.805 e. The van der Waals surface area contributed by atoms with Crippen molar-refractivity contribution in [2.24, 2.45) is 0 Å². The van der Waals surface area contributed by atoms with Crippen LogP contribution in [0.4, 0.5) is 5.69 Å². The predicted octanol–water partition coefficient (Wildman–Crippen LogP) is 1.96. The van der Waals surface area contributed by atoms with Gasteiger partial charge < -0.3 is 9.94 Å². The van der Waals surface area contributed by atoms with Crippen molar-refractivity contribution in [1.29, 1.82) is 0 Å². The van der Waals surface area contributed by atoms with Crippen LogP contribution in [0, 0.1) is 20.2 Å². The molecule has 2 aromatic carbocycles. The Bertz CT molecular complexity index is 885. The maximum absolute atomic E-state index is 12.2. The minimum Gasteiger partial charge on any atom is -0.805 e. The van der Waals surface area contributed by atoms with Gasteiger partial charge in [0, 0.05) is 29.2 Å². The first-order chi connectivity index (χ1) is 9.09. The molecule has 0 aliphatic rings. The van der Waals surface area contributed by atoms with E-state index in [0.717, 1.165) is 6.07 Å². The molecule has 0 saturated carbocycles. The Balaban J connectivity index is 2.56. The van der Waals surface area contributed by atoms with Crippen molar-refractivity contribution < 1.29 is 9.35 Å². The minimum absolute atomic E-state index is 0.0251. The second-order valence-electron chi connectivity index (χ2n) is 4.01. The zero-order chi connectivity index (χ0) is 13.6. The molecule has 0 amide bonds. The van der Waals surface area contributed by atoms with Gasteiger partial charge >= 0.3 is 0 Å². The third-order valence-corrected chi connectivity index (χ3v) is 2.93. The Morgan fingerprint density at radius 3 is 2.47 bits per heavy atom. The summed E-state index contributed by atoms with van der Waals surface area (Å²) in [7, 11) is 0. The molecule has 0 radical (unpaired) electrons. The summed E-state index contributed by atoms with van der Waals surface area (Å²) in [4.78, 5) is 22.2. The lowest BCUT2D eigenvalue weighted by atomic mass is 10.2. The Morgan fingerprint density at radius 1 is 1.05 bits per heavy atom. The lowest BCUT2D eigenvalue weighted by Gasteiger charge is -2.13. The molecule has 0 aliphatic carbocycles. The summed E-state index contributed by atoms with van der Waals surface area (Å²) in [6.45, 7) is 0. The van der Waals surface area contributed by atoms with E-state index in [4.69, 9.17) is 0 Å². The summed E-state index contributed by atoms with van der Waals surface area (Å²) < 4.78 is 1.13. The van der Waals surface area contributed by atoms with Crippen LogP contribution in [0.5, 0.6) is 0 Å². The Morgan fingerprint density at radius 2 is 1.74 bits per heavy atom. The van der Waals surface area contributed by atoms with Gasteiger partial charge in [-0.05, 0) is 6.07 Å². The van der Waals surface area contributed by atoms with E-state index >= 15 is 0 Å². The van der Waals surface area contributed by atoms with Gasteiger partial charge in [0.25, 0.3) is 16.7 Å². The Kier molecular flexibility index (Phi) is 2.21. The van der Waals surface area contributed by atoms with Crippen LogP contribution in [0.25, 0.3) is 22.1 Å². The van der Waals surface area contributed by atoms with Crippen LogP contribution in [0.15, 0.2) is 42.5 Å². The molecule has 0 unspecified atom stereocenters. The molecule has 0 atom stereocenters. The zero-order valence-corrected chi connectivity index (χ0v) is 9.52. The van der Waals surface area contributed by atoms with E-state index in [-0.39, 0.29) is 27.8 Å². The summed E-state index contributed by atoms with van der Waals surface area (Å²) in [6.07, 6.45) is 0. The smallest absolute Gasteiger partial charge is 0.287 e. The molecule has 0 aliphatic heterocycles. The number of benzene rings is 2. The maximum atomic E-state index is 12.2. The molecule has 7 heteroatoms. The van der Waals surface area contributed by atoms with Crippen molar-refractivity contribution in [3.63, 3.8) is 0 Å². The van der Waals surface area contributed by atoms with E-state index in [1.54, 1.807) is 12.1 Å². The third kappa shape index (κ3) is 1.52. The molecule has 7 nitrogen and oxygen atoms in total. The summed E-state index contributed by atoms with van der Waals surface area (Å²) in [5, 5.41) is 22.9. The van der Waals surface area contributed by atoms with E-state index in [1.165, 1.54) is 24.3 Å². The van der Waals surface area contributed by atoms with Crippen molar-refractivity contribution in [2.75, 3.05) is 0 Å². The average Bonchev–Trinajstić information content (AvgIpc) is 2.44. The van der Waals surface area contributed by atoms with Crippen LogP contribution < -0.4 is 4.43 Å². The highest BCUT2D eigenvalue weighted by Crippen LogP contribution is 2.21. The van der Waals surface area contributed by atoms with Crippen molar-refractivity contribution in [2.45, 2.75) is 0 Å². The molecule has 19 heavy (non-hydrogen) atoms. The van der Waals surface area contributed by atoms with E-state index < -0.39 is 4.92 Å². The van der Waals surface area contributed by atoms with Crippen LogP contribution in [0.3, 0.4) is 0 Å². The second kappa shape index (κ2) is 3.77. The Hall–Kier alpha value is -2.96. The summed E-state index contributed by atoms with van der Waals surface area (Å²) in [5.74, 6) is 0. The van der Waals surface area contributed by atoms with E-state index in [0.29, 0.717) is 9.16 Å². The minimum atomic E-state index is -0.607. The van der Waals surface area contributed by atoms with Crippen molar-refractivity contribution in [3.8, 4) is 0 Å². The molecule has 0 saturated heterocycles. The highest BCUT2D eigenvalue weighted by atomic mass is 16.6. The number of rotatable bonds is 1. The number of nitro groups is 1. The normalized spacial score (nSPS) is 10.9. The highest BCUT2D eigenvalue weighted by Gasteiger charge is 2.17. The van der Waals surface area contributed by atoms with Crippen LogP contribution >= 0.6 is 0 Å². The fourth-order valence-corrected chi connectivity index (χ4v) is 2.03. The quantitative estimate of drug-likeness (QED) is 0.288. The molecule has 0 bridgehead atoms. The molecular weight excluding hydrogens is 250 g/mol. The summed E-state index contributed by atoms with van der Waals surface area (Å²) >= 11 is 0. The molecule has 0 N–H and O–H groups in total. The maximum Gasteiger partial charge on any atom is 0.287 e. The van der Waals surface area contributed by atoms with E-state index in [1.807, 2.05) is 0 Å². The van der Waals surface area contributed by atoms with Crippen molar-refractivity contribution >= 4 is 27.8 Å². The SMILES string of the molecule is O=[N+]([O-])c1ccc2c(c1)n([O-])c1ccccc1[n+]2=O. The van der Waals surface area contributed by atoms with Crippen molar-refractivity contribution in [1.82, 2.24) is 4.73 Å². The summed E-state index contributed by atoms with van der Waals surface area (Å²) in [6, 6.07) is 9.87. The number of non-ortho nitro benzene ring substituents is 1. The van der Waals surface area contributed by atoms with Crippen LogP contribution in [-0.2, 0) is 0 Å². The van der Waals surface area contributed by atoms with E-state index in [2.05, 4.69) is 0 Å². The van der Waals surface area contributed by atoms with Gasteiger partial charge in [-0.3, -0.25) is 10.1 Å². The van der Waals surface area contributed by atoms with Crippen LogP contribution in [-0.4, -0.2) is 9.65 Å². The topological polar surface area (TPSA) is 94.1 Å². The number of para-hydroxylation sites is 2. The first kappa shape index (κ1) is 11.1. The van der Waals surface area contributed by atoms with Gasteiger partial charge in [-0.25, -0.2) is 0 Å². The highest BCUT2D eigenvalue weighted by molar-refractivity contribution is 5.84. The molecule has 1 heterocycles. The van der Waals surface area contributed by atoms with E-state index in [9.17, 15) is 20.2 Å². The molecule has 0 spiro atoms. The third-order valence-electron chi connectivity index (χ3n) is 2.93. The molecular formula is C12H7N3O4. The Labute approximate surface area is 105 Å². The van der Waals surface area contributed by atoms with Gasteiger partial charge in [-0.1, -0.05) is 12.1 Å². The van der Waals surface area contributed by atoms with Gasteiger partial charge in [0.1, 0.15) is 11.0 Å². The zero-order valence-electron chi connectivity index (χ0n) is 9.52. The number of fused-ring (bicyclic) bond motifs is 2. The standard InChI is InChI=1S/C12H7N3O4/c16-13-9-3-1-2-4-10(9)14(17)12-7-8(15(18)19)5-6-11(12)13/h1-7H. The first-order valence-corrected chi connectivity index (χ1v) is 5.41. The number of aromatic nitrogens is 2. The lowest BCUT2D eigenvalue weighted by Crippen LogP contribution is -2.19. The van der Waals surface area contributed by atoms with Gasteiger partial charge in [-0.15, -0.1) is 0 Å². The van der Waals surface area contributed by atoms with Crippen LogP contribution in [0.1, 0.15) is 0 Å². The first-order valence-electron chi connectivity index (χ1n) is 5.41.